The number of hydrogen-bond donors (Lipinski definition) is 0. The molecule has 2 heterocycles. The maximum Gasteiger partial charge on any atom is 0.252 e. The van der Waals surface area contributed by atoms with Crippen LogP contribution in [0.4, 0.5) is 34.1 Å². The molecule has 5 aromatic carbocycles. The van der Waals surface area contributed by atoms with Gasteiger partial charge in [0.05, 0.1) is 46.5 Å². The van der Waals surface area contributed by atoms with E-state index in [2.05, 4.69) is 58.3 Å². The number of benzene rings is 5. The van der Waals surface area contributed by atoms with E-state index in [1.807, 2.05) is 72.8 Å². The lowest BCUT2D eigenvalue weighted by molar-refractivity contribution is -0.00514. The molecule has 51 heavy (non-hydrogen) atoms. The number of nitriles is 4. The van der Waals surface area contributed by atoms with E-state index in [-0.39, 0.29) is 12.1 Å². The lowest BCUT2D eigenvalue weighted by atomic mass is 9.33. The molecule has 0 atom stereocenters. The standard InChI is InChI=1S/C44H31BN6/c46-23-27-1-7-35(8-2-27)50-39-11-5-29(25-48)16-37(39)45-38-17-30(26-49)6-12-40(38)51(36-9-3-28(24-47)4-10-36)42-19-34(18-41(50)43(42)45)44-20-31-13-32(21-44)15-33(14-31)22-44/h1-12,16-19,31-33H,13-15,20-22H2. The molecule has 6 nitrogen and oxygen atoms in total. The molecule has 0 radical (unpaired) electrons. The molecule has 0 unspecified atom stereocenters. The Balaban J connectivity index is 1.31. The fourth-order valence-electron chi connectivity index (χ4n) is 10.8. The van der Waals surface area contributed by atoms with Crippen LogP contribution in [0.1, 0.15) is 66.3 Å². The Labute approximate surface area is 298 Å². The van der Waals surface area contributed by atoms with Gasteiger partial charge in [0.1, 0.15) is 0 Å². The van der Waals surface area contributed by atoms with Gasteiger partial charge in [-0.15, -0.1) is 0 Å². The van der Waals surface area contributed by atoms with Crippen molar-refractivity contribution in [2.45, 2.75) is 43.9 Å². The van der Waals surface area contributed by atoms with Crippen LogP contribution in [-0.4, -0.2) is 6.71 Å². The summed E-state index contributed by atoms with van der Waals surface area (Å²) in [5.41, 5.74) is 13.1. The lowest BCUT2D eigenvalue weighted by Crippen LogP contribution is -2.61. The van der Waals surface area contributed by atoms with Crippen LogP contribution < -0.4 is 26.2 Å². The van der Waals surface area contributed by atoms with E-state index in [1.54, 1.807) is 0 Å². The van der Waals surface area contributed by atoms with Gasteiger partial charge in [0.15, 0.2) is 0 Å². The lowest BCUT2D eigenvalue weighted by Gasteiger charge is -2.57. The second-order valence-corrected chi connectivity index (χ2v) is 15.3. The summed E-state index contributed by atoms with van der Waals surface area (Å²) in [6.45, 7) is -0.226. The maximum absolute atomic E-state index is 10.1. The van der Waals surface area contributed by atoms with Crippen molar-refractivity contribution in [3.63, 3.8) is 0 Å². The normalized spacial score (nSPS) is 22.9. The number of nitrogens with zero attached hydrogens (tertiary/aromatic N) is 6. The molecular weight excluding hydrogens is 623 g/mol. The van der Waals surface area contributed by atoms with Crippen molar-refractivity contribution >= 4 is 57.2 Å². The predicted molar refractivity (Wildman–Crippen MR) is 199 cm³/mol. The van der Waals surface area contributed by atoms with Crippen molar-refractivity contribution in [3.8, 4) is 24.3 Å². The number of hydrogen-bond acceptors (Lipinski definition) is 6. The van der Waals surface area contributed by atoms with Gasteiger partial charge in [-0.05, 0) is 181 Å². The predicted octanol–water partition coefficient (Wildman–Crippen LogP) is 7.72. The zero-order valence-electron chi connectivity index (χ0n) is 28.0. The summed E-state index contributed by atoms with van der Waals surface area (Å²) in [4.78, 5) is 4.65. The van der Waals surface area contributed by atoms with Crippen LogP contribution in [0.3, 0.4) is 0 Å². The van der Waals surface area contributed by atoms with E-state index in [4.69, 9.17) is 0 Å². The summed E-state index contributed by atoms with van der Waals surface area (Å²) in [7, 11) is 0. The summed E-state index contributed by atoms with van der Waals surface area (Å²) >= 11 is 0. The minimum atomic E-state index is -0.226. The van der Waals surface area contributed by atoms with Gasteiger partial charge in [0.25, 0.3) is 6.71 Å². The monoisotopic (exact) mass is 654 g/mol. The molecule has 0 amide bonds. The average molecular weight is 655 g/mol. The molecule has 7 heteroatoms. The largest absolute Gasteiger partial charge is 0.311 e. The zero-order chi connectivity index (χ0) is 34.4. The molecule has 240 valence electrons. The van der Waals surface area contributed by atoms with Crippen molar-refractivity contribution in [1.82, 2.24) is 0 Å². The second-order valence-electron chi connectivity index (χ2n) is 15.3. The molecule has 0 spiro atoms. The Morgan fingerprint density at radius 2 is 0.882 bits per heavy atom. The highest BCUT2D eigenvalue weighted by atomic mass is 15.2. The summed E-state index contributed by atoms with van der Waals surface area (Å²) in [5, 5.41) is 39.6. The van der Waals surface area contributed by atoms with E-state index in [0.29, 0.717) is 22.3 Å². The Bertz CT molecular complexity index is 2290. The third-order valence-corrected chi connectivity index (χ3v) is 12.5. The minimum absolute atomic E-state index is 0.109. The van der Waals surface area contributed by atoms with Crippen molar-refractivity contribution in [1.29, 1.82) is 21.0 Å². The Hall–Kier alpha value is -6.28. The highest BCUT2D eigenvalue weighted by molar-refractivity contribution is 7.00. The summed E-state index contributed by atoms with van der Waals surface area (Å²) < 4.78 is 0. The Morgan fingerprint density at radius 1 is 0.490 bits per heavy atom. The quantitative estimate of drug-likeness (QED) is 0.181. The van der Waals surface area contributed by atoms with Gasteiger partial charge in [0, 0.05) is 34.1 Å². The first-order chi connectivity index (χ1) is 25.0. The molecule has 0 aromatic heterocycles. The van der Waals surface area contributed by atoms with Gasteiger partial charge in [-0.25, -0.2) is 0 Å². The molecule has 11 rings (SSSR count). The number of fused-ring (bicyclic) bond motifs is 4. The summed E-state index contributed by atoms with van der Waals surface area (Å²) in [6, 6.07) is 41.7. The van der Waals surface area contributed by atoms with Gasteiger partial charge < -0.3 is 9.80 Å². The van der Waals surface area contributed by atoms with Crippen LogP contribution in [0.25, 0.3) is 0 Å². The molecule has 2 aliphatic heterocycles. The average Bonchev–Trinajstić information content (AvgIpc) is 3.17. The van der Waals surface area contributed by atoms with Gasteiger partial charge in [-0.1, -0.05) is 0 Å². The van der Waals surface area contributed by atoms with Crippen LogP contribution in [0.15, 0.2) is 97.1 Å². The SMILES string of the molecule is N#Cc1ccc(N2c3ccc(C#N)cc3B3c4cc(C#N)ccc4N(c4ccc(C#N)cc4)c4cc(C56CC7CC(CC(C7)C5)C6)cc2c43)cc1. The van der Waals surface area contributed by atoms with E-state index >= 15 is 0 Å². The molecule has 4 bridgehead atoms. The molecule has 4 fully saturated rings. The number of anilines is 6. The van der Waals surface area contributed by atoms with Crippen LogP contribution in [0, 0.1) is 63.1 Å². The van der Waals surface area contributed by atoms with Crippen LogP contribution >= 0.6 is 0 Å². The van der Waals surface area contributed by atoms with Crippen molar-refractivity contribution in [3.05, 3.63) is 125 Å². The first-order valence-corrected chi connectivity index (χ1v) is 17.9. The topological polar surface area (TPSA) is 102 Å². The van der Waals surface area contributed by atoms with E-state index in [0.717, 1.165) is 68.3 Å². The maximum atomic E-state index is 10.1. The van der Waals surface area contributed by atoms with Crippen LogP contribution in [0.5, 0.6) is 0 Å². The smallest absolute Gasteiger partial charge is 0.252 e. The van der Waals surface area contributed by atoms with Crippen molar-refractivity contribution in [2.24, 2.45) is 17.8 Å². The molecule has 0 N–H and O–H groups in total. The highest BCUT2D eigenvalue weighted by Crippen LogP contribution is 2.61. The van der Waals surface area contributed by atoms with E-state index in [9.17, 15) is 21.0 Å². The third kappa shape index (κ3) is 4.32. The molecule has 0 saturated heterocycles. The van der Waals surface area contributed by atoms with E-state index < -0.39 is 0 Å². The molecule has 6 aliphatic rings. The minimum Gasteiger partial charge on any atom is -0.311 e. The van der Waals surface area contributed by atoms with Crippen molar-refractivity contribution < 1.29 is 0 Å². The van der Waals surface area contributed by atoms with Gasteiger partial charge in [0.2, 0.25) is 0 Å². The molecular formula is C44H31BN6. The second kappa shape index (κ2) is 10.9. The molecule has 4 aliphatic carbocycles. The van der Waals surface area contributed by atoms with Crippen LogP contribution in [-0.2, 0) is 5.41 Å². The van der Waals surface area contributed by atoms with Gasteiger partial charge in [-0.2, -0.15) is 21.0 Å². The van der Waals surface area contributed by atoms with Gasteiger partial charge in [-0.3, -0.25) is 0 Å². The van der Waals surface area contributed by atoms with Crippen molar-refractivity contribution in [2.75, 3.05) is 9.80 Å². The fraction of sp³-hybridized carbons (Fsp3) is 0.227. The summed E-state index contributed by atoms with van der Waals surface area (Å²) in [5.74, 6) is 2.32. The molecule has 4 saturated carbocycles. The highest BCUT2D eigenvalue weighted by Gasteiger charge is 2.53. The van der Waals surface area contributed by atoms with E-state index in [1.165, 1.54) is 44.1 Å². The fourth-order valence-corrected chi connectivity index (χ4v) is 10.8. The van der Waals surface area contributed by atoms with Gasteiger partial charge >= 0.3 is 0 Å². The summed E-state index contributed by atoms with van der Waals surface area (Å²) in [6.07, 6.45) is 7.74. The third-order valence-electron chi connectivity index (χ3n) is 12.5. The first kappa shape index (κ1) is 29.6. The Morgan fingerprint density at radius 3 is 1.27 bits per heavy atom. The number of rotatable bonds is 3. The first-order valence-electron chi connectivity index (χ1n) is 17.9. The van der Waals surface area contributed by atoms with Crippen LogP contribution in [0.2, 0.25) is 0 Å². The molecule has 5 aromatic rings. The Kier molecular flexibility index (Phi) is 6.31. The zero-order valence-corrected chi connectivity index (χ0v) is 28.0.